The molecule has 44 heavy (non-hydrogen) atoms. The number of thiazole rings is 1. The van der Waals surface area contributed by atoms with Crippen molar-refractivity contribution in [3.05, 3.63) is 90.5 Å². The highest BCUT2D eigenvalue weighted by molar-refractivity contribution is 7.90. The molecule has 0 saturated carbocycles. The molecule has 1 N–H and O–H groups in total. The normalized spacial score (nSPS) is 11.4. The molecule has 2 heterocycles. The van der Waals surface area contributed by atoms with Gasteiger partial charge in [-0.25, -0.2) is 27.4 Å². The summed E-state index contributed by atoms with van der Waals surface area (Å²) in [5.41, 5.74) is 0.508. The summed E-state index contributed by atoms with van der Waals surface area (Å²) >= 11 is 13.6. The van der Waals surface area contributed by atoms with Crippen molar-refractivity contribution < 1.29 is 45.8 Å². The van der Waals surface area contributed by atoms with Crippen molar-refractivity contribution in [3.8, 4) is 11.5 Å². The monoisotopic (exact) mass is 688 g/mol. The van der Waals surface area contributed by atoms with Gasteiger partial charge in [-0.3, -0.25) is 9.69 Å². The number of hydrogen-bond donors (Lipinski definition) is 1. The number of aryl methyl sites for hydroxylation is 2. The molecule has 0 atom stereocenters. The van der Waals surface area contributed by atoms with E-state index in [-0.39, 0.29) is 47.4 Å². The van der Waals surface area contributed by atoms with Crippen LogP contribution in [0.15, 0.2) is 60.4 Å². The first-order chi connectivity index (χ1) is 20.8. The lowest BCUT2D eigenvalue weighted by atomic mass is 10.1. The molecule has 12 nitrogen and oxygen atoms in total. The van der Waals surface area contributed by atoms with Crippen molar-refractivity contribution in [1.29, 1.82) is 0 Å². The highest BCUT2D eigenvalue weighted by Gasteiger charge is 2.25. The van der Waals surface area contributed by atoms with E-state index in [0.717, 1.165) is 28.4 Å². The van der Waals surface area contributed by atoms with Crippen LogP contribution in [0, 0.1) is 12.7 Å². The molecule has 0 aliphatic carbocycles. The average molecular weight is 690 g/mol. The maximum atomic E-state index is 15.0. The minimum atomic E-state index is -4.09. The van der Waals surface area contributed by atoms with Crippen LogP contribution in [0.1, 0.15) is 28.5 Å². The van der Waals surface area contributed by atoms with Gasteiger partial charge in [-0.2, -0.15) is 0 Å². The van der Waals surface area contributed by atoms with Crippen molar-refractivity contribution >= 4 is 56.4 Å². The third-order valence-corrected chi connectivity index (χ3v) is 9.11. The van der Waals surface area contributed by atoms with Crippen LogP contribution in [-0.2, 0) is 38.1 Å². The minimum Gasteiger partial charge on any atom is -0.480 e. The van der Waals surface area contributed by atoms with Crippen LogP contribution in [0.3, 0.4) is 0 Å². The van der Waals surface area contributed by atoms with Crippen LogP contribution in [0.5, 0.6) is 11.5 Å². The number of carbonyl (C=O) groups excluding carboxylic acids is 1. The average Bonchev–Trinajstić information content (AvgIpc) is 3.57. The molecule has 4 aromatic rings. The van der Waals surface area contributed by atoms with Gasteiger partial charge in [0.1, 0.15) is 39.5 Å². The molecule has 4 rings (SSSR count). The van der Waals surface area contributed by atoms with Gasteiger partial charge in [0, 0.05) is 29.2 Å². The van der Waals surface area contributed by atoms with Crippen LogP contribution < -0.4 is 10.6 Å². The Bertz CT molecular complexity index is 1820. The van der Waals surface area contributed by atoms with Crippen molar-refractivity contribution in [2.24, 2.45) is 0 Å². The zero-order valence-electron chi connectivity index (χ0n) is 22.8. The Morgan fingerprint density at radius 2 is 1.93 bits per heavy atom. The number of amides is 1. The van der Waals surface area contributed by atoms with E-state index in [1.807, 2.05) is 0 Å². The molecule has 0 aliphatic heterocycles. The van der Waals surface area contributed by atoms with E-state index in [2.05, 4.69) is 4.98 Å². The van der Waals surface area contributed by atoms with E-state index in [9.17, 15) is 27.9 Å². The summed E-state index contributed by atoms with van der Waals surface area (Å²) in [5.74, 6) is -3.65. The Kier molecular flexibility index (Phi) is 10.7. The van der Waals surface area contributed by atoms with Gasteiger partial charge in [0.25, 0.3) is 0 Å². The lowest BCUT2D eigenvalue weighted by Crippen LogP contribution is -2.37. The molecule has 0 unspecified atom stereocenters. The Morgan fingerprint density at radius 3 is 2.59 bits per heavy atom. The Hall–Kier alpha value is -3.92. The van der Waals surface area contributed by atoms with Crippen LogP contribution >= 0.6 is 34.5 Å². The number of halogens is 3. The molecule has 0 aliphatic rings. The minimum absolute atomic E-state index is 0.0143. The lowest BCUT2D eigenvalue weighted by Gasteiger charge is -2.20. The number of sulfone groups is 1. The first-order valence-electron chi connectivity index (χ1n) is 12.6. The number of aromatic nitrogens is 1. The number of aliphatic carboxylic acids is 1. The van der Waals surface area contributed by atoms with E-state index in [0.29, 0.717) is 15.6 Å². The molecule has 2 aromatic carbocycles. The highest BCUT2D eigenvalue weighted by Crippen LogP contribution is 2.36. The quantitative estimate of drug-likeness (QED) is 0.179. The van der Waals surface area contributed by atoms with Crippen LogP contribution in [-0.4, -0.2) is 48.6 Å². The van der Waals surface area contributed by atoms with Gasteiger partial charge in [0.15, 0.2) is 28.0 Å². The largest absolute Gasteiger partial charge is 0.519 e. The number of carboxylic acids is 1. The second-order valence-corrected chi connectivity index (χ2v) is 12.9. The molecule has 0 fully saturated rings. The Morgan fingerprint density at radius 1 is 1.16 bits per heavy atom. The maximum Gasteiger partial charge on any atom is 0.519 e. The van der Waals surface area contributed by atoms with Crippen LogP contribution in [0.4, 0.5) is 9.18 Å². The first kappa shape index (κ1) is 33.0. The highest BCUT2D eigenvalue weighted by atomic mass is 35.5. The SMILES string of the molecule is Cc1oc(=O)oc1COC(=O)N(CCCc1cc(Cl)ccc1Oc1cc(F)c(S(=O)(=O)Cc2nccs2)cc1Cl)CC(=O)O. The lowest BCUT2D eigenvalue weighted by molar-refractivity contribution is -0.138. The predicted molar refractivity (Wildman–Crippen MR) is 156 cm³/mol. The van der Waals surface area contributed by atoms with Gasteiger partial charge in [-0.1, -0.05) is 23.2 Å². The fourth-order valence-electron chi connectivity index (χ4n) is 3.94. The zero-order valence-corrected chi connectivity index (χ0v) is 25.9. The van der Waals surface area contributed by atoms with E-state index >= 15 is 4.39 Å². The molecule has 0 spiro atoms. The summed E-state index contributed by atoms with van der Waals surface area (Å²) in [7, 11) is -4.09. The van der Waals surface area contributed by atoms with Crippen molar-refractivity contribution in [2.45, 2.75) is 37.0 Å². The topological polar surface area (TPSA) is 166 Å². The van der Waals surface area contributed by atoms with Crippen molar-refractivity contribution in [3.63, 3.8) is 0 Å². The third-order valence-electron chi connectivity index (χ3n) is 5.98. The van der Waals surface area contributed by atoms with Gasteiger partial charge in [0.2, 0.25) is 0 Å². The number of carboxylic acid groups (broad SMARTS) is 1. The van der Waals surface area contributed by atoms with Gasteiger partial charge in [-0.05, 0) is 49.6 Å². The number of rotatable bonds is 13. The summed E-state index contributed by atoms with van der Waals surface area (Å²) in [4.78, 5) is 39.4. The fraction of sp³-hybridized carbons (Fsp3) is 0.259. The molecule has 234 valence electrons. The molecule has 0 bridgehead atoms. The summed E-state index contributed by atoms with van der Waals surface area (Å²) in [6, 6.07) is 6.42. The number of nitrogens with zero attached hydrogens (tertiary/aromatic N) is 2. The van der Waals surface area contributed by atoms with E-state index in [4.69, 9.17) is 41.5 Å². The molecular weight excluding hydrogens is 666 g/mol. The smallest absolute Gasteiger partial charge is 0.480 e. The Balaban J connectivity index is 1.45. The molecule has 2 aromatic heterocycles. The Labute approximate surface area is 263 Å². The summed E-state index contributed by atoms with van der Waals surface area (Å²) in [6.07, 6.45) is 0.912. The van der Waals surface area contributed by atoms with Crippen LogP contribution in [0.2, 0.25) is 10.0 Å². The van der Waals surface area contributed by atoms with Gasteiger partial charge < -0.3 is 23.4 Å². The van der Waals surface area contributed by atoms with Crippen molar-refractivity contribution in [1.82, 2.24) is 9.88 Å². The summed E-state index contributed by atoms with van der Waals surface area (Å²) in [6.45, 7) is 0.266. The van der Waals surface area contributed by atoms with E-state index in [1.54, 1.807) is 11.4 Å². The summed E-state index contributed by atoms with van der Waals surface area (Å²) < 4.78 is 60.9. The van der Waals surface area contributed by atoms with Crippen LogP contribution in [0.25, 0.3) is 0 Å². The number of ether oxygens (including phenoxy) is 2. The van der Waals surface area contributed by atoms with Crippen molar-refractivity contribution in [2.75, 3.05) is 13.1 Å². The molecule has 17 heteroatoms. The number of carbonyl (C=O) groups is 2. The van der Waals surface area contributed by atoms with Gasteiger partial charge in [-0.15, -0.1) is 11.3 Å². The predicted octanol–water partition coefficient (Wildman–Crippen LogP) is 5.87. The molecule has 0 radical (unpaired) electrons. The molecular formula is C27H23Cl2FN2O10S2. The number of hydrogen-bond acceptors (Lipinski definition) is 11. The number of benzene rings is 2. The standard InChI is InChI=1S/C27H23Cl2FN2O10S2/c1-15-22(42-27(36)40-15)13-39-26(35)32(12-25(33)34)7-2-3-16-9-17(28)4-5-20(16)41-21-11-19(30)23(10-18(21)29)44(37,38)14-24-31-6-8-43-24/h4-6,8-11H,2-3,7,12-14H2,1H3,(H,33,34). The molecule has 0 saturated heterocycles. The second-order valence-electron chi connectivity index (χ2n) is 9.16. The zero-order chi connectivity index (χ0) is 32.0. The van der Waals surface area contributed by atoms with E-state index < -0.39 is 57.3 Å². The fourth-order valence-corrected chi connectivity index (χ4v) is 6.74. The third kappa shape index (κ3) is 8.59. The van der Waals surface area contributed by atoms with Gasteiger partial charge in [0.05, 0.1) is 5.02 Å². The molecule has 1 amide bonds. The van der Waals surface area contributed by atoms with E-state index in [1.165, 1.54) is 25.3 Å². The summed E-state index contributed by atoms with van der Waals surface area (Å²) in [5, 5.41) is 11.3. The second kappa shape index (κ2) is 14.2. The van der Waals surface area contributed by atoms with Gasteiger partial charge >= 0.3 is 17.9 Å². The first-order valence-corrected chi connectivity index (χ1v) is 15.9. The maximum absolute atomic E-state index is 15.0.